The molecule has 0 aliphatic rings. The lowest BCUT2D eigenvalue weighted by atomic mass is 10.1. The minimum atomic E-state index is -5.12. The average molecular weight is 866 g/mol. The highest BCUT2D eigenvalue weighted by Crippen LogP contribution is 2.49. The Morgan fingerprint density at radius 1 is 0.891 bits per heavy atom. The van der Waals surface area contributed by atoms with E-state index in [4.69, 9.17) is 25.0 Å². The number of phenolic OH excluding ortho intramolecular Hbond substituents is 1. The molecule has 0 saturated carbocycles. The molecule has 8 N–H and O–H groups in total. The Labute approximate surface area is 320 Å². The van der Waals surface area contributed by atoms with E-state index in [9.17, 15) is 34.9 Å². The normalized spacial score (nSPS) is 12.1. The van der Waals surface area contributed by atoms with Crippen LogP contribution < -0.4 is 10.5 Å². The highest BCUT2D eigenvalue weighted by atomic mass is 32.3. The van der Waals surface area contributed by atoms with Gasteiger partial charge in [0.1, 0.15) is 27.7 Å². The lowest BCUT2D eigenvalue weighted by Gasteiger charge is -2.14. The Bertz CT molecular complexity index is 2490. The van der Waals surface area contributed by atoms with Crippen molar-refractivity contribution in [2.75, 3.05) is 32.3 Å². The number of anilines is 1. The SMILES string of the molecule is COCCS(=O)(=O)c1ccc(OC)c(N=Nc2c(S(=O)(=O)O)cc3cc(SOOO)c(N=Nc4ccc(SC#COOS(=O)(=O)O)cc4)c(N)c3c2O)c1.O. The van der Waals surface area contributed by atoms with Crippen molar-refractivity contribution in [3.05, 3.63) is 54.6 Å². The second kappa shape index (κ2) is 19.3. The fourth-order valence-electron chi connectivity index (χ4n) is 4.22. The van der Waals surface area contributed by atoms with Crippen molar-refractivity contribution in [3.63, 3.8) is 0 Å². The molecule has 4 aromatic carbocycles. The van der Waals surface area contributed by atoms with Crippen LogP contribution >= 0.6 is 23.8 Å². The molecule has 4 rings (SSSR count). The van der Waals surface area contributed by atoms with Crippen molar-refractivity contribution in [3.8, 4) is 22.9 Å². The van der Waals surface area contributed by atoms with Crippen LogP contribution in [0.2, 0.25) is 0 Å². The van der Waals surface area contributed by atoms with E-state index in [1.165, 1.54) is 44.6 Å². The molecule has 0 unspecified atom stereocenters. The number of hydrogen-bond acceptors (Lipinski definition) is 21. The predicted molar refractivity (Wildman–Crippen MR) is 193 cm³/mol. The van der Waals surface area contributed by atoms with E-state index in [0.717, 1.165) is 23.9 Å². The van der Waals surface area contributed by atoms with E-state index in [-0.39, 0.29) is 66.9 Å². The van der Waals surface area contributed by atoms with Gasteiger partial charge in [0.25, 0.3) is 10.1 Å². The first-order chi connectivity index (χ1) is 25.5. The van der Waals surface area contributed by atoms with Gasteiger partial charge in [0, 0.05) is 17.3 Å². The Balaban J connectivity index is 0.00000812. The van der Waals surface area contributed by atoms with Gasteiger partial charge in [0.05, 0.1) is 58.1 Å². The van der Waals surface area contributed by atoms with E-state index in [0.29, 0.717) is 16.9 Å². The zero-order chi connectivity index (χ0) is 39.7. The number of nitrogens with zero attached hydrogens (tertiary/aromatic N) is 4. The molecule has 0 atom stereocenters. The highest BCUT2D eigenvalue weighted by Gasteiger charge is 2.26. The molecule has 22 nitrogen and oxygen atoms in total. The third kappa shape index (κ3) is 11.9. The number of nitrogens with two attached hydrogens (primary N) is 1. The summed E-state index contributed by atoms with van der Waals surface area (Å²) in [7, 11) is -11.2. The number of fused-ring (bicyclic) bond motifs is 1. The third-order valence-corrected chi connectivity index (χ3v) is 10.6. The Morgan fingerprint density at radius 3 is 2.20 bits per heavy atom. The molecule has 55 heavy (non-hydrogen) atoms. The van der Waals surface area contributed by atoms with Crippen molar-refractivity contribution in [1.29, 1.82) is 0 Å². The lowest BCUT2D eigenvalue weighted by Crippen LogP contribution is -2.11. The van der Waals surface area contributed by atoms with Gasteiger partial charge in [-0.25, -0.2) is 13.7 Å². The predicted octanol–water partition coefficient (Wildman–Crippen LogP) is 5.00. The first-order valence-electron chi connectivity index (χ1n) is 14.1. The maximum atomic E-state index is 12.8. The van der Waals surface area contributed by atoms with Gasteiger partial charge in [-0.2, -0.15) is 21.9 Å². The number of hydrogen-bond donors (Lipinski definition) is 5. The van der Waals surface area contributed by atoms with Crippen molar-refractivity contribution < 1.29 is 78.3 Å². The summed E-state index contributed by atoms with van der Waals surface area (Å²) in [6, 6.07) is 11.8. The van der Waals surface area contributed by atoms with Crippen LogP contribution in [0, 0.1) is 11.4 Å². The maximum absolute atomic E-state index is 12.8. The largest absolute Gasteiger partial charge is 0.505 e. The quantitative estimate of drug-likeness (QED) is 0.0144. The van der Waals surface area contributed by atoms with Crippen LogP contribution in [0.1, 0.15) is 0 Å². The van der Waals surface area contributed by atoms with E-state index in [2.05, 4.69) is 44.3 Å². The van der Waals surface area contributed by atoms with Gasteiger partial charge < -0.3 is 25.8 Å². The fourth-order valence-corrected chi connectivity index (χ4v) is 7.16. The van der Waals surface area contributed by atoms with Crippen LogP contribution in [0.4, 0.5) is 28.4 Å². The zero-order valence-corrected chi connectivity index (χ0v) is 31.8. The molecule has 0 bridgehead atoms. The number of thioether (sulfide) groups is 1. The monoisotopic (exact) mass is 865 g/mol. The summed E-state index contributed by atoms with van der Waals surface area (Å²) < 4.78 is 108. The molecule has 0 radical (unpaired) electrons. The minimum Gasteiger partial charge on any atom is -0.505 e. The number of aromatic hydroxyl groups is 1. The van der Waals surface area contributed by atoms with E-state index < -0.39 is 46.7 Å². The van der Waals surface area contributed by atoms with E-state index in [1.807, 2.05) is 6.11 Å². The summed E-state index contributed by atoms with van der Waals surface area (Å²) in [4.78, 5) is 3.41. The van der Waals surface area contributed by atoms with Gasteiger partial charge in [0.2, 0.25) is 0 Å². The van der Waals surface area contributed by atoms with E-state index >= 15 is 0 Å². The zero-order valence-electron chi connectivity index (χ0n) is 27.7. The molecule has 4 aromatic rings. The summed E-state index contributed by atoms with van der Waals surface area (Å²) in [6.07, 6.45) is 1.89. The summed E-state index contributed by atoms with van der Waals surface area (Å²) in [6.45, 7) is -0.101. The second-order valence-corrected chi connectivity index (χ2v) is 16.0. The minimum absolute atomic E-state index is 0. The molecular weight excluding hydrogens is 839 g/mol. The number of ether oxygens (including phenoxy) is 2. The molecule has 296 valence electrons. The number of benzene rings is 4. The van der Waals surface area contributed by atoms with Gasteiger partial charge in [-0.15, -0.1) is 19.7 Å². The molecule has 0 aliphatic carbocycles. The molecule has 0 aliphatic heterocycles. The molecule has 0 heterocycles. The van der Waals surface area contributed by atoms with Gasteiger partial charge in [-0.3, -0.25) is 14.0 Å². The Morgan fingerprint density at radius 2 is 1.58 bits per heavy atom. The third-order valence-electron chi connectivity index (χ3n) is 6.54. The molecule has 27 heteroatoms. The van der Waals surface area contributed by atoms with Crippen LogP contribution in [-0.4, -0.2) is 76.8 Å². The molecule has 0 saturated heterocycles. The first kappa shape index (κ1) is 44.7. The number of sulfone groups is 1. The van der Waals surface area contributed by atoms with Crippen LogP contribution in [0.15, 0.2) is 94.6 Å². The average Bonchev–Trinajstić information content (AvgIpc) is 3.11. The summed E-state index contributed by atoms with van der Waals surface area (Å²) in [5.41, 5.74) is 5.17. The summed E-state index contributed by atoms with van der Waals surface area (Å²) in [5, 5.41) is 41.9. The standard InChI is InChI=1S/C28H25N5O16S5.H2O/c1-44-10-12-52(36,37)19-7-8-21(45-2)20(15-19)31-33-27-23(53(38,39)40)14-16-13-22(51-48-47-35)26(25(29)24(16)28(27)34)32-30-17-3-5-18(6-4-17)50-11-9-46-49-54(41,42)43;/h3-8,13-15,34-35H,10,12,29H2,1-2H3,(H,38,39,40)(H,41,42,43);1H2. The van der Waals surface area contributed by atoms with Crippen LogP contribution in [0.3, 0.4) is 0 Å². The highest BCUT2D eigenvalue weighted by molar-refractivity contribution is 8.04. The molecular formula is C28H27N5O17S5. The van der Waals surface area contributed by atoms with Crippen molar-refractivity contribution in [2.45, 2.75) is 19.6 Å². The van der Waals surface area contributed by atoms with Crippen molar-refractivity contribution in [2.24, 2.45) is 20.5 Å². The van der Waals surface area contributed by atoms with Gasteiger partial charge in [-0.1, -0.05) is 5.04 Å². The number of methoxy groups -OCH3 is 2. The molecule has 0 fully saturated rings. The van der Waals surface area contributed by atoms with Crippen LogP contribution in [0.5, 0.6) is 11.5 Å². The number of rotatable bonds is 16. The van der Waals surface area contributed by atoms with Crippen LogP contribution in [-0.2, 0) is 53.7 Å². The molecule has 0 aromatic heterocycles. The Kier molecular flexibility index (Phi) is 15.7. The maximum Gasteiger partial charge on any atom is 0.433 e. The number of azo groups is 2. The second-order valence-electron chi connectivity index (χ2n) is 9.93. The molecule has 0 spiro atoms. The fraction of sp³-hybridized carbons (Fsp3) is 0.143. The van der Waals surface area contributed by atoms with Crippen molar-refractivity contribution >= 4 is 93.4 Å². The van der Waals surface area contributed by atoms with E-state index in [1.54, 1.807) is 12.1 Å². The van der Waals surface area contributed by atoms with Crippen molar-refractivity contribution in [1.82, 2.24) is 0 Å². The molecule has 0 amide bonds. The topological polar surface area (TPSA) is 346 Å². The smallest absolute Gasteiger partial charge is 0.433 e. The number of nitrogen functional groups attached to an aromatic ring is 1. The van der Waals surface area contributed by atoms with Crippen LogP contribution in [0.25, 0.3) is 10.8 Å². The summed E-state index contributed by atoms with van der Waals surface area (Å²) >= 11 is 1.25. The van der Waals surface area contributed by atoms with Gasteiger partial charge in [0.15, 0.2) is 21.7 Å². The van der Waals surface area contributed by atoms with Gasteiger partial charge in [-0.05, 0) is 76.1 Å². The number of phenols is 1. The Hall–Kier alpha value is -4.67. The van der Waals surface area contributed by atoms with Gasteiger partial charge >= 0.3 is 10.4 Å². The first-order valence-corrected chi connectivity index (χ1v) is 20.1. The lowest BCUT2D eigenvalue weighted by molar-refractivity contribution is -0.432. The summed E-state index contributed by atoms with van der Waals surface area (Å²) in [5.74, 6) is -1.24.